The lowest BCUT2D eigenvalue weighted by atomic mass is 9.47. The van der Waals surface area contributed by atoms with E-state index < -0.39 is 57.0 Å². The molecule has 4 N–H and O–H groups in total. The summed E-state index contributed by atoms with van der Waals surface area (Å²) in [5.41, 5.74) is -2.43. The number of allylic oxidation sites excluding steroid dienone is 1. The van der Waals surface area contributed by atoms with Crippen molar-refractivity contribution in [3.63, 3.8) is 0 Å². The van der Waals surface area contributed by atoms with E-state index in [1.54, 1.807) is 6.92 Å². The highest BCUT2D eigenvalue weighted by atomic mass is 16.5. The molecular weight excluding hydrogens is 576 g/mol. The molecule has 4 atom stereocenters. The van der Waals surface area contributed by atoms with E-state index in [9.17, 15) is 39.6 Å². The first-order chi connectivity index (χ1) is 21.1. The molecule has 0 amide bonds. The number of ether oxygens (including phenoxy) is 1. The Hall–Kier alpha value is -4.08. The second kappa shape index (κ2) is 10.5. The summed E-state index contributed by atoms with van der Waals surface area (Å²) >= 11 is 0. The first-order valence-corrected chi connectivity index (χ1v) is 15.4. The number of benzene rings is 2. The molecule has 45 heavy (non-hydrogen) atoms. The highest BCUT2D eigenvalue weighted by Crippen LogP contribution is 2.63. The largest absolute Gasteiger partial charge is 0.508 e. The third-order valence-corrected chi connectivity index (χ3v) is 10.4. The van der Waals surface area contributed by atoms with Gasteiger partial charge in [0.25, 0.3) is 0 Å². The molecule has 1 saturated heterocycles. The highest BCUT2D eigenvalue weighted by Gasteiger charge is 2.68. The molecule has 0 bridgehead atoms. The van der Waals surface area contributed by atoms with Gasteiger partial charge in [0, 0.05) is 35.9 Å². The standard InChI is InChI=1S/C36H38O9/c1-18-7-9-20(10-8-18)22-14-21(11-12-24(38)26-6-5-13-45-26)30(40)28-23(22)15-34(3)17-35(4)16-25(39)27(19(2)37)32(42)36(35,44)33(43)29(34)31(28)41/h7-10,14,26,40-42,44H,5-6,11-13,15-17H2,1-4H3/t26?,34-,35+,36+/m1/s1. The van der Waals surface area contributed by atoms with Crippen LogP contribution in [0.15, 0.2) is 47.2 Å². The SMILES string of the molecule is CC(=O)C1=C(O)[C@]2(O)C(=O)C3=C(O)c4c(O)c(CCC(=O)C5CCCO5)cc(-c5ccc(C)cc5)c4C[C@]3(C)C[C@]2(C)CC1=O. The Kier molecular flexibility index (Phi) is 7.21. The summed E-state index contributed by atoms with van der Waals surface area (Å²) < 4.78 is 5.54. The lowest BCUT2D eigenvalue weighted by Crippen LogP contribution is -2.65. The number of hydrogen-bond donors (Lipinski definition) is 4. The number of aromatic hydroxyl groups is 1. The molecule has 0 spiro atoms. The zero-order valence-corrected chi connectivity index (χ0v) is 26.0. The Morgan fingerprint density at radius 3 is 2.36 bits per heavy atom. The van der Waals surface area contributed by atoms with Gasteiger partial charge in [0.05, 0.1) is 5.56 Å². The number of carbonyl (C=O) groups is 4. The number of aliphatic hydroxyl groups excluding tert-OH is 2. The first-order valence-electron chi connectivity index (χ1n) is 15.4. The number of phenols is 1. The number of aliphatic hydroxyl groups is 3. The van der Waals surface area contributed by atoms with Gasteiger partial charge >= 0.3 is 0 Å². The Morgan fingerprint density at radius 2 is 1.73 bits per heavy atom. The van der Waals surface area contributed by atoms with Gasteiger partial charge in [0.1, 0.15) is 28.9 Å². The van der Waals surface area contributed by atoms with Crippen LogP contribution in [0.3, 0.4) is 0 Å². The summed E-state index contributed by atoms with van der Waals surface area (Å²) in [5.74, 6) is -4.33. The van der Waals surface area contributed by atoms with Crippen LogP contribution in [0, 0.1) is 17.8 Å². The van der Waals surface area contributed by atoms with E-state index in [1.807, 2.05) is 37.3 Å². The Labute approximate surface area is 261 Å². The number of ketones is 4. The van der Waals surface area contributed by atoms with Crippen molar-refractivity contribution < 1.29 is 44.3 Å². The molecule has 9 nitrogen and oxygen atoms in total. The van der Waals surface area contributed by atoms with Crippen LogP contribution in [0.5, 0.6) is 5.75 Å². The molecule has 9 heteroatoms. The molecular formula is C36H38O9. The smallest absolute Gasteiger partial charge is 0.203 e. The van der Waals surface area contributed by atoms with Crippen molar-refractivity contribution in [2.24, 2.45) is 10.8 Å². The van der Waals surface area contributed by atoms with Crippen molar-refractivity contribution in [3.05, 3.63) is 69.5 Å². The number of Topliss-reactive ketones (excluding diaryl/α,β-unsaturated/α-hetero) is 4. The van der Waals surface area contributed by atoms with Gasteiger partial charge in [-0.15, -0.1) is 0 Å². The van der Waals surface area contributed by atoms with Crippen molar-refractivity contribution in [3.8, 4) is 16.9 Å². The molecule has 2 aromatic rings. The summed E-state index contributed by atoms with van der Waals surface area (Å²) in [6, 6.07) is 9.58. The van der Waals surface area contributed by atoms with Crippen LogP contribution >= 0.6 is 0 Å². The van der Waals surface area contributed by atoms with E-state index in [0.717, 1.165) is 24.5 Å². The van der Waals surface area contributed by atoms with Crippen LogP contribution in [0.4, 0.5) is 0 Å². The Bertz CT molecular complexity index is 1740. The number of fused-ring (bicyclic) bond motifs is 3. The number of phenolic OH excluding ortho intramolecular Hbond substituents is 1. The molecule has 0 aromatic heterocycles. The third kappa shape index (κ3) is 4.50. The fraction of sp³-hybridized carbons (Fsp3) is 0.444. The second-order valence-electron chi connectivity index (χ2n) is 13.7. The van der Waals surface area contributed by atoms with Crippen LogP contribution < -0.4 is 0 Å². The quantitative estimate of drug-likeness (QED) is 0.330. The fourth-order valence-electron chi connectivity index (χ4n) is 8.21. The molecule has 0 radical (unpaired) electrons. The predicted octanol–water partition coefficient (Wildman–Crippen LogP) is 4.96. The molecule has 3 aliphatic carbocycles. The summed E-state index contributed by atoms with van der Waals surface area (Å²) in [7, 11) is 0. The van der Waals surface area contributed by atoms with Crippen molar-refractivity contribution in [1.82, 2.24) is 0 Å². The summed E-state index contributed by atoms with van der Waals surface area (Å²) in [6.07, 6.45) is 1.10. The van der Waals surface area contributed by atoms with Gasteiger partial charge in [-0.25, -0.2) is 0 Å². The number of aryl methyl sites for hydroxylation is 2. The van der Waals surface area contributed by atoms with Gasteiger partial charge < -0.3 is 25.2 Å². The molecule has 2 aromatic carbocycles. The zero-order chi connectivity index (χ0) is 32.6. The van der Waals surface area contributed by atoms with Crippen LogP contribution in [-0.4, -0.2) is 61.9 Å². The monoisotopic (exact) mass is 614 g/mol. The lowest BCUT2D eigenvalue weighted by molar-refractivity contribution is -0.165. The first kappa shape index (κ1) is 30.9. The van der Waals surface area contributed by atoms with E-state index in [0.29, 0.717) is 29.7 Å². The van der Waals surface area contributed by atoms with E-state index in [1.165, 1.54) is 6.92 Å². The maximum atomic E-state index is 14.4. The van der Waals surface area contributed by atoms with Crippen molar-refractivity contribution >= 4 is 28.9 Å². The Balaban J connectivity index is 1.55. The van der Waals surface area contributed by atoms with Gasteiger partial charge in [0.2, 0.25) is 5.78 Å². The molecule has 1 aliphatic heterocycles. The second-order valence-corrected chi connectivity index (χ2v) is 13.7. The van der Waals surface area contributed by atoms with Gasteiger partial charge in [0.15, 0.2) is 23.0 Å². The topological polar surface area (TPSA) is 158 Å². The predicted molar refractivity (Wildman–Crippen MR) is 165 cm³/mol. The molecule has 1 unspecified atom stereocenters. The lowest BCUT2D eigenvalue weighted by Gasteiger charge is -2.56. The molecule has 4 aliphatic rings. The van der Waals surface area contributed by atoms with Crippen molar-refractivity contribution in [2.45, 2.75) is 84.3 Å². The maximum Gasteiger partial charge on any atom is 0.203 e. The average molecular weight is 615 g/mol. The van der Waals surface area contributed by atoms with Gasteiger partial charge in [-0.1, -0.05) is 43.7 Å². The molecule has 6 rings (SSSR count). The van der Waals surface area contributed by atoms with E-state index >= 15 is 0 Å². The van der Waals surface area contributed by atoms with Gasteiger partial charge in [-0.05, 0) is 74.3 Å². The summed E-state index contributed by atoms with van der Waals surface area (Å²) in [5, 5.41) is 46.7. The maximum absolute atomic E-state index is 14.4. The summed E-state index contributed by atoms with van der Waals surface area (Å²) in [4.78, 5) is 52.6. The summed E-state index contributed by atoms with van der Waals surface area (Å²) in [6.45, 7) is 6.88. The van der Waals surface area contributed by atoms with E-state index in [4.69, 9.17) is 4.74 Å². The molecule has 1 heterocycles. The van der Waals surface area contributed by atoms with Gasteiger partial charge in [-0.3, -0.25) is 19.2 Å². The third-order valence-electron chi connectivity index (χ3n) is 10.4. The fourth-order valence-corrected chi connectivity index (χ4v) is 8.21. The number of hydrogen-bond acceptors (Lipinski definition) is 9. The van der Waals surface area contributed by atoms with E-state index in [-0.39, 0.29) is 54.8 Å². The molecule has 236 valence electrons. The number of rotatable bonds is 6. The van der Waals surface area contributed by atoms with Gasteiger partial charge in [-0.2, -0.15) is 0 Å². The van der Waals surface area contributed by atoms with E-state index in [2.05, 4.69) is 0 Å². The van der Waals surface area contributed by atoms with Crippen LogP contribution in [0.2, 0.25) is 0 Å². The molecule has 2 fully saturated rings. The normalized spacial score (nSPS) is 29.4. The van der Waals surface area contributed by atoms with Crippen molar-refractivity contribution in [1.29, 1.82) is 0 Å². The number of carbonyl (C=O) groups excluding carboxylic acids is 4. The minimum atomic E-state index is -2.64. The minimum absolute atomic E-state index is 0.0216. The van der Waals surface area contributed by atoms with Crippen LogP contribution in [0.1, 0.15) is 75.1 Å². The van der Waals surface area contributed by atoms with Crippen LogP contribution in [0.25, 0.3) is 16.9 Å². The van der Waals surface area contributed by atoms with Crippen molar-refractivity contribution in [2.75, 3.05) is 6.61 Å². The Morgan fingerprint density at radius 1 is 1.04 bits per heavy atom. The highest BCUT2D eigenvalue weighted by molar-refractivity contribution is 6.23. The molecule has 1 saturated carbocycles. The van der Waals surface area contributed by atoms with Crippen LogP contribution in [-0.2, 0) is 36.8 Å². The zero-order valence-electron chi connectivity index (χ0n) is 26.0. The average Bonchev–Trinajstić information content (AvgIpc) is 3.50. The minimum Gasteiger partial charge on any atom is -0.508 e.